The van der Waals surface area contributed by atoms with Crippen LogP contribution >= 0.6 is 0 Å². The minimum absolute atomic E-state index is 0.151. The molecule has 1 amide bonds. The number of amides is 1. The summed E-state index contributed by atoms with van der Waals surface area (Å²) in [6.07, 6.45) is 4.93. The Labute approximate surface area is 142 Å². The Kier molecular flexibility index (Phi) is 5.12. The largest absolute Gasteiger partial charge is 0.370 e. The average molecular weight is 319 g/mol. The van der Waals surface area contributed by atoms with Crippen LogP contribution in [0.2, 0.25) is 0 Å². The highest BCUT2D eigenvalue weighted by molar-refractivity contribution is 6.06. The lowest BCUT2D eigenvalue weighted by molar-refractivity contribution is 0.102. The van der Waals surface area contributed by atoms with Gasteiger partial charge >= 0.3 is 0 Å². The van der Waals surface area contributed by atoms with E-state index in [4.69, 9.17) is 5.26 Å². The van der Waals surface area contributed by atoms with E-state index in [0.29, 0.717) is 11.1 Å². The summed E-state index contributed by atoms with van der Waals surface area (Å²) in [5, 5.41) is 11.9. The maximum absolute atomic E-state index is 12.5. The fourth-order valence-electron chi connectivity index (χ4n) is 3.06. The molecular weight excluding hydrogens is 298 g/mol. The molecule has 0 saturated carbocycles. The Balaban J connectivity index is 1.79. The van der Waals surface area contributed by atoms with E-state index < -0.39 is 0 Å². The third-order valence-corrected chi connectivity index (χ3v) is 4.38. The molecule has 0 radical (unpaired) electrons. The smallest absolute Gasteiger partial charge is 0.255 e. The molecule has 1 N–H and O–H groups in total. The van der Waals surface area contributed by atoms with E-state index in [-0.39, 0.29) is 5.91 Å². The number of benzene rings is 2. The summed E-state index contributed by atoms with van der Waals surface area (Å²) < 4.78 is 0. The van der Waals surface area contributed by atoms with E-state index in [1.807, 2.05) is 18.2 Å². The highest BCUT2D eigenvalue weighted by Gasteiger charge is 2.15. The van der Waals surface area contributed by atoms with Crippen LogP contribution in [0.4, 0.5) is 11.4 Å². The van der Waals surface area contributed by atoms with Gasteiger partial charge in [-0.25, -0.2) is 0 Å². The van der Waals surface area contributed by atoms with Gasteiger partial charge in [0.25, 0.3) is 5.91 Å². The predicted molar refractivity (Wildman–Crippen MR) is 96.2 cm³/mol. The van der Waals surface area contributed by atoms with Gasteiger partial charge in [0.2, 0.25) is 0 Å². The Morgan fingerprint density at radius 1 is 0.958 bits per heavy atom. The van der Waals surface area contributed by atoms with E-state index in [2.05, 4.69) is 22.4 Å². The lowest BCUT2D eigenvalue weighted by Crippen LogP contribution is -2.25. The molecule has 2 aromatic rings. The molecule has 0 atom stereocenters. The summed E-state index contributed by atoms with van der Waals surface area (Å²) in [7, 11) is 0. The number of nitrogens with one attached hydrogen (secondary N) is 1. The normalized spacial score (nSPS) is 14.5. The zero-order valence-corrected chi connectivity index (χ0v) is 13.7. The number of hydrogen-bond acceptors (Lipinski definition) is 3. The van der Waals surface area contributed by atoms with Crippen molar-refractivity contribution in [1.29, 1.82) is 5.26 Å². The van der Waals surface area contributed by atoms with Gasteiger partial charge in [-0.1, -0.05) is 25.0 Å². The van der Waals surface area contributed by atoms with Crippen molar-refractivity contribution in [3.63, 3.8) is 0 Å². The van der Waals surface area contributed by atoms with Crippen LogP contribution in [0.25, 0.3) is 0 Å². The molecule has 0 bridgehead atoms. The summed E-state index contributed by atoms with van der Waals surface area (Å²) in [6.45, 7) is 2.06. The van der Waals surface area contributed by atoms with E-state index >= 15 is 0 Å². The molecule has 1 aliphatic rings. The van der Waals surface area contributed by atoms with Gasteiger partial charge in [0.15, 0.2) is 0 Å². The van der Waals surface area contributed by atoms with Gasteiger partial charge in [-0.3, -0.25) is 4.79 Å². The monoisotopic (exact) mass is 319 g/mol. The number of para-hydroxylation sites is 2. The summed E-state index contributed by atoms with van der Waals surface area (Å²) in [6, 6.07) is 16.7. The van der Waals surface area contributed by atoms with Gasteiger partial charge in [-0.2, -0.15) is 5.26 Å². The van der Waals surface area contributed by atoms with Crippen LogP contribution in [0.15, 0.2) is 48.5 Å². The minimum atomic E-state index is -0.151. The first-order chi connectivity index (χ1) is 11.8. The van der Waals surface area contributed by atoms with Crippen molar-refractivity contribution >= 4 is 17.3 Å². The number of nitriles is 1. The molecule has 0 aliphatic carbocycles. The summed E-state index contributed by atoms with van der Waals surface area (Å²) in [5.74, 6) is -0.151. The number of rotatable bonds is 3. The molecule has 0 spiro atoms. The second kappa shape index (κ2) is 7.65. The standard InChI is InChI=1S/C20H21N3O/c21-15-16-9-11-17(12-10-16)20(24)22-18-7-3-4-8-19(18)23-13-5-1-2-6-14-23/h3-4,7-12H,1-2,5-6,13-14H2,(H,22,24). The molecule has 4 nitrogen and oxygen atoms in total. The SMILES string of the molecule is N#Cc1ccc(C(=O)Nc2ccccc2N2CCCCCC2)cc1. The van der Waals surface area contributed by atoms with Crippen LogP contribution in [0.5, 0.6) is 0 Å². The molecule has 0 aromatic heterocycles. The first-order valence-electron chi connectivity index (χ1n) is 8.43. The molecule has 3 rings (SSSR count). The highest BCUT2D eigenvalue weighted by Crippen LogP contribution is 2.28. The molecule has 1 heterocycles. The quantitative estimate of drug-likeness (QED) is 0.923. The van der Waals surface area contributed by atoms with Crippen LogP contribution in [0.1, 0.15) is 41.6 Å². The summed E-state index contributed by atoms with van der Waals surface area (Å²) in [4.78, 5) is 14.9. The van der Waals surface area contributed by atoms with Gasteiger partial charge in [-0.05, 0) is 49.2 Å². The molecule has 122 valence electrons. The van der Waals surface area contributed by atoms with Gasteiger partial charge in [0, 0.05) is 18.7 Å². The van der Waals surface area contributed by atoms with E-state index in [0.717, 1.165) is 24.5 Å². The molecule has 0 unspecified atom stereocenters. The zero-order chi connectivity index (χ0) is 16.8. The first-order valence-corrected chi connectivity index (χ1v) is 8.43. The number of anilines is 2. The van der Waals surface area contributed by atoms with Gasteiger partial charge in [0.1, 0.15) is 0 Å². The Morgan fingerprint density at radius 2 is 1.62 bits per heavy atom. The molecule has 1 fully saturated rings. The topological polar surface area (TPSA) is 56.1 Å². The van der Waals surface area contributed by atoms with Crippen molar-refractivity contribution in [2.45, 2.75) is 25.7 Å². The fraction of sp³-hybridized carbons (Fsp3) is 0.300. The Bertz CT molecular complexity index is 738. The van der Waals surface area contributed by atoms with Crippen molar-refractivity contribution < 1.29 is 4.79 Å². The van der Waals surface area contributed by atoms with Gasteiger partial charge in [-0.15, -0.1) is 0 Å². The van der Waals surface area contributed by atoms with Crippen molar-refractivity contribution in [3.8, 4) is 6.07 Å². The second-order valence-electron chi connectivity index (χ2n) is 6.06. The van der Waals surface area contributed by atoms with Gasteiger partial charge < -0.3 is 10.2 Å². The van der Waals surface area contributed by atoms with Crippen molar-refractivity contribution in [2.24, 2.45) is 0 Å². The minimum Gasteiger partial charge on any atom is -0.370 e. The first kappa shape index (κ1) is 16.1. The van der Waals surface area contributed by atoms with Crippen molar-refractivity contribution in [2.75, 3.05) is 23.3 Å². The van der Waals surface area contributed by atoms with Crippen molar-refractivity contribution in [1.82, 2.24) is 0 Å². The van der Waals surface area contributed by atoms with Crippen LogP contribution in [-0.2, 0) is 0 Å². The third kappa shape index (κ3) is 3.75. The number of nitrogens with zero attached hydrogens (tertiary/aromatic N) is 2. The molecule has 1 aliphatic heterocycles. The molecule has 4 heteroatoms. The Morgan fingerprint density at radius 3 is 2.29 bits per heavy atom. The van der Waals surface area contributed by atoms with Crippen LogP contribution < -0.4 is 10.2 Å². The molecule has 24 heavy (non-hydrogen) atoms. The second-order valence-corrected chi connectivity index (χ2v) is 6.06. The average Bonchev–Trinajstić information content (AvgIpc) is 2.91. The van der Waals surface area contributed by atoms with Crippen LogP contribution in [0.3, 0.4) is 0 Å². The number of carbonyl (C=O) groups is 1. The molecule has 2 aromatic carbocycles. The Hall–Kier alpha value is -2.80. The molecule has 1 saturated heterocycles. The maximum Gasteiger partial charge on any atom is 0.255 e. The van der Waals surface area contributed by atoms with Crippen LogP contribution in [-0.4, -0.2) is 19.0 Å². The maximum atomic E-state index is 12.5. The summed E-state index contributed by atoms with van der Waals surface area (Å²) >= 11 is 0. The highest BCUT2D eigenvalue weighted by atomic mass is 16.1. The lowest BCUT2D eigenvalue weighted by atomic mass is 10.1. The van der Waals surface area contributed by atoms with E-state index in [1.54, 1.807) is 24.3 Å². The van der Waals surface area contributed by atoms with E-state index in [1.165, 1.54) is 25.7 Å². The summed E-state index contributed by atoms with van der Waals surface area (Å²) in [5.41, 5.74) is 3.03. The lowest BCUT2D eigenvalue weighted by Gasteiger charge is -2.25. The zero-order valence-electron chi connectivity index (χ0n) is 13.7. The van der Waals surface area contributed by atoms with E-state index in [9.17, 15) is 4.79 Å². The fourth-order valence-corrected chi connectivity index (χ4v) is 3.06. The van der Waals surface area contributed by atoms with Crippen molar-refractivity contribution in [3.05, 3.63) is 59.7 Å². The van der Waals surface area contributed by atoms with Gasteiger partial charge in [0.05, 0.1) is 23.0 Å². The number of carbonyl (C=O) groups excluding carboxylic acids is 1. The number of hydrogen-bond donors (Lipinski definition) is 1. The third-order valence-electron chi connectivity index (χ3n) is 4.38. The van der Waals surface area contributed by atoms with Crippen LogP contribution in [0, 0.1) is 11.3 Å². The molecular formula is C20H21N3O. The predicted octanol–water partition coefficient (Wildman–Crippen LogP) is 4.19.